The summed E-state index contributed by atoms with van der Waals surface area (Å²) < 4.78 is 20.7. The zero-order chi connectivity index (χ0) is 22.0. The second-order valence-corrected chi connectivity index (χ2v) is 7.02. The minimum absolute atomic E-state index is 0.229. The summed E-state index contributed by atoms with van der Waals surface area (Å²) in [4.78, 5) is 25.2. The van der Waals surface area contributed by atoms with Gasteiger partial charge in [0.05, 0.1) is 18.8 Å². The number of nitrogens with zero attached hydrogens (tertiary/aromatic N) is 4. The minimum atomic E-state index is -0.449. The van der Waals surface area contributed by atoms with Gasteiger partial charge < -0.3 is 10.1 Å². The maximum Gasteiger partial charge on any atom is 0.293 e. The number of halogens is 1. The fourth-order valence-corrected chi connectivity index (χ4v) is 3.21. The molecule has 8 nitrogen and oxygen atoms in total. The number of aromatic nitrogens is 4. The molecule has 9 heteroatoms. The molecular weight excluding hydrogens is 401 g/mol. The molecule has 2 heterocycles. The summed E-state index contributed by atoms with van der Waals surface area (Å²) >= 11 is 0. The van der Waals surface area contributed by atoms with Gasteiger partial charge in [-0.2, -0.15) is 10.2 Å². The van der Waals surface area contributed by atoms with Crippen molar-refractivity contribution in [3.05, 3.63) is 82.7 Å². The first-order valence-electron chi connectivity index (χ1n) is 9.59. The monoisotopic (exact) mass is 421 g/mol. The number of amides is 1. The van der Waals surface area contributed by atoms with Crippen LogP contribution < -0.4 is 15.6 Å². The average molecular weight is 421 g/mol. The number of hydrogen-bond donors (Lipinski definition) is 1. The zero-order valence-electron chi connectivity index (χ0n) is 16.9. The molecule has 0 aliphatic rings. The van der Waals surface area contributed by atoms with Gasteiger partial charge in [0.1, 0.15) is 30.0 Å². The number of hydrogen-bond acceptors (Lipinski definition) is 5. The fourth-order valence-electron chi connectivity index (χ4n) is 3.21. The first kappa shape index (κ1) is 20.3. The largest absolute Gasteiger partial charge is 0.497 e. The van der Waals surface area contributed by atoms with Crippen molar-refractivity contribution >= 4 is 11.4 Å². The molecule has 0 aliphatic heterocycles. The number of benzene rings is 2. The van der Waals surface area contributed by atoms with Gasteiger partial charge in [-0.05, 0) is 55.0 Å². The molecular formula is C22H20FN5O3. The predicted octanol–water partition coefficient (Wildman–Crippen LogP) is 2.58. The van der Waals surface area contributed by atoms with Crippen LogP contribution in [0.2, 0.25) is 0 Å². The van der Waals surface area contributed by atoms with Gasteiger partial charge in [0, 0.05) is 5.56 Å². The highest BCUT2D eigenvalue weighted by Gasteiger charge is 2.14. The van der Waals surface area contributed by atoms with Gasteiger partial charge >= 0.3 is 0 Å². The van der Waals surface area contributed by atoms with E-state index in [2.05, 4.69) is 15.5 Å². The third-order valence-electron chi connectivity index (χ3n) is 4.92. The van der Waals surface area contributed by atoms with E-state index >= 15 is 0 Å². The molecule has 0 spiro atoms. The van der Waals surface area contributed by atoms with Crippen LogP contribution in [0.4, 0.5) is 4.39 Å². The third kappa shape index (κ3) is 4.30. The lowest BCUT2D eigenvalue weighted by molar-refractivity contribution is -0.122. The molecule has 0 radical (unpaired) electrons. The van der Waals surface area contributed by atoms with Crippen LogP contribution in [0, 0.1) is 5.82 Å². The molecule has 0 aliphatic carbocycles. The van der Waals surface area contributed by atoms with E-state index in [1.807, 2.05) is 31.2 Å². The molecule has 0 fully saturated rings. The molecule has 158 valence electrons. The number of fused-ring (bicyclic) bond motifs is 1. The Hall–Kier alpha value is -4.01. The molecule has 1 N–H and O–H groups in total. The van der Waals surface area contributed by atoms with Crippen LogP contribution in [0.3, 0.4) is 0 Å². The number of ether oxygens (including phenoxy) is 1. The van der Waals surface area contributed by atoms with Gasteiger partial charge in [-0.3, -0.25) is 9.59 Å². The van der Waals surface area contributed by atoms with Gasteiger partial charge in [0.15, 0.2) is 0 Å². The number of methoxy groups -OCH3 is 1. The smallest absolute Gasteiger partial charge is 0.293 e. The van der Waals surface area contributed by atoms with E-state index in [9.17, 15) is 14.0 Å². The summed E-state index contributed by atoms with van der Waals surface area (Å²) in [6, 6.07) is 14.5. The Kier molecular flexibility index (Phi) is 5.48. The van der Waals surface area contributed by atoms with E-state index < -0.39 is 5.56 Å². The molecule has 31 heavy (non-hydrogen) atoms. The van der Waals surface area contributed by atoms with Gasteiger partial charge in [0.2, 0.25) is 5.91 Å². The van der Waals surface area contributed by atoms with Crippen LogP contribution in [-0.4, -0.2) is 32.4 Å². The maximum absolute atomic E-state index is 13.1. The minimum Gasteiger partial charge on any atom is -0.497 e. The van der Waals surface area contributed by atoms with Crippen molar-refractivity contribution in [2.75, 3.05) is 7.11 Å². The Morgan fingerprint density at radius 1 is 1.16 bits per heavy atom. The van der Waals surface area contributed by atoms with Gasteiger partial charge in [-0.1, -0.05) is 12.1 Å². The average Bonchev–Trinajstić information content (AvgIpc) is 3.21. The summed E-state index contributed by atoms with van der Waals surface area (Å²) in [5, 5.41) is 11.2. The van der Waals surface area contributed by atoms with Gasteiger partial charge in [-0.25, -0.2) is 13.6 Å². The number of carbonyl (C=O) groups excluding carboxylic acids is 1. The maximum atomic E-state index is 13.1. The Morgan fingerprint density at radius 2 is 1.87 bits per heavy atom. The van der Waals surface area contributed by atoms with E-state index in [-0.39, 0.29) is 29.8 Å². The number of rotatable bonds is 6. The fraction of sp³-hybridized carbons (Fsp3) is 0.182. The first-order valence-corrected chi connectivity index (χ1v) is 9.59. The summed E-state index contributed by atoms with van der Waals surface area (Å²) in [5.41, 5.74) is 1.90. The molecule has 4 rings (SSSR count). The Labute approximate surface area is 176 Å². The second-order valence-electron chi connectivity index (χ2n) is 7.02. The highest BCUT2D eigenvalue weighted by atomic mass is 19.1. The predicted molar refractivity (Wildman–Crippen MR) is 112 cm³/mol. The molecule has 2 aromatic heterocycles. The second kappa shape index (κ2) is 8.39. The van der Waals surface area contributed by atoms with Crippen LogP contribution in [-0.2, 0) is 11.3 Å². The quantitative estimate of drug-likeness (QED) is 0.517. The highest BCUT2D eigenvalue weighted by Crippen LogP contribution is 2.19. The van der Waals surface area contributed by atoms with Crippen molar-refractivity contribution < 1.29 is 13.9 Å². The zero-order valence-corrected chi connectivity index (χ0v) is 16.9. The summed E-state index contributed by atoms with van der Waals surface area (Å²) in [6.45, 7) is 1.62. The van der Waals surface area contributed by atoms with Crippen LogP contribution >= 0.6 is 0 Å². The Morgan fingerprint density at radius 3 is 2.55 bits per heavy atom. The molecule has 0 bridgehead atoms. The van der Waals surface area contributed by atoms with E-state index in [1.165, 1.54) is 23.0 Å². The Balaban J connectivity index is 1.51. The molecule has 1 amide bonds. The van der Waals surface area contributed by atoms with Gasteiger partial charge in [0.25, 0.3) is 5.56 Å². The van der Waals surface area contributed by atoms with Crippen LogP contribution in [0.5, 0.6) is 5.75 Å². The molecule has 2 aromatic carbocycles. The molecule has 4 aromatic rings. The van der Waals surface area contributed by atoms with Crippen molar-refractivity contribution in [2.45, 2.75) is 19.5 Å². The Bertz CT molecular complexity index is 1280. The van der Waals surface area contributed by atoms with Crippen molar-refractivity contribution in [1.82, 2.24) is 24.7 Å². The van der Waals surface area contributed by atoms with E-state index in [4.69, 9.17) is 4.74 Å². The topological polar surface area (TPSA) is 90.5 Å². The standard InChI is InChI=1S/C22H20FN5O3/c1-14(15-5-9-18(31-2)10-6-15)25-21(29)12-27-22(30)20-11-19(26-28(20)13-24-27)16-3-7-17(23)8-4-16/h3-11,13-14H,12H2,1-2H3,(H,25,29). The van der Waals surface area contributed by atoms with Crippen LogP contribution in [0.25, 0.3) is 16.8 Å². The van der Waals surface area contributed by atoms with E-state index in [0.717, 1.165) is 16.0 Å². The number of nitrogens with one attached hydrogen (secondary N) is 1. The highest BCUT2D eigenvalue weighted by molar-refractivity contribution is 5.76. The molecule has 1 unspecified atom stereocenters. The number of carbonyl (C=O) groups is 1. The van der Waals surface area contributed by atoms with Gasteiger partial charge in [-0.15, -0.1) is 0 Å². The van der Waals surface area contributed by atoms with Crippen molar-refractivity contribution in [3.63, 3.8) is 0 Å². The van der Waals surface area contributed by atoms with E-state index in [1.54, 1.807) is 25.3 Å². The van der Waals surface area contributed by atoms with Crippen molar-refractivity contribution in [2.24, 2.45) is 0 Å². The van der Waals surface area contributed by atoms with Crippen molar-refractivity contribution in [1.29, 1.82) is 0 Å². The lowest BCUT2D eigenvalue weighted by atomic mass is 10.1. The van der Waals surface area contributed by atoms with Crippen LogP contribution in [0.15, 0.2) is 65.7 Å². The molecule has 1 atom stereocenters. The normalized spacial score (nSPS) is 12.0. The summed E-state index contributed by atoms with van der Waals surface area (Å²) in [6.07, 6.45) is 1.37. The third-order valence-corrected chi connectivity index (χ3v) is 4.92. The SMILES string of the molecule is COc1ccc(C(C)NC(=O)Cn2ncn3nc(-c4ccc(F)cc4)cc3c2=O)cc1. The lowest BCUT2D eigenvalue weighted by Gasteiger charge is -2.15. The summed E-state index contributed by atoms with van der Waals surface area (Å²) in [5.74, 6) is 0.0269. The van der Waals surface area contributed by atoms with Crippen LogP contribution in [0.1, 0.15) is 18.5 Å². The first-order chi connectivity index (χ1) is 14.9. The lowest BCUT2D eigenvalue weighted by Crippen LogP contribution is -2.35. The molecule has 0 saturated heterocycles. The van der Waals surface area contributed by atoms with Crippen molar-refractivity contribution in [3.8, 4) is 17.0 Å². The molecule has 0 saturated carbocycles. The van der Waals surface area contributed by atoms with E-state index in [0.29, 0.717) is 11.3 Å². The summed E-state index contributed by atoms with van der Waals surface area (Å²) in [7, 11) is 1.59.